The highest BCUT2D eigenvalue weighted by Crippen LogP contribution is 2.18. The van der Waals surface area contributed by atoms with Crippen molar-refractivity contribution in [3.63, 3.8) is 0 Å². The molecule has 1 aromatic carbocycles. The number of carbonyl (C=O) groups is 1. The van der Waals surface area contributed by atoms with Crippen LogP contribution in [0, 0.1) is 0 Å². The van der Waals surface area contributed by atoms with Gasteiger partial charge in [-0.15, -0.1) is 21.7 Å². The Kier molecular flexibility index (Phi) is 4.89. The Morgan fingerprint density at radius 2 is 2.20 bits per heavy atom. The zero-order valence-corrected chi connectivity index (χ0v) is 12.0. The second-order valence-corrected chi connectivity index (χ2v) is 4.51. The first-order valence-corrected chi connectivity index (χ1v) is 7.25. The SMILES string of the molecule is CCOC(=O)c1nnn(N=Cc2ccccc2)c1SC. The van der Waals surface area contributed by atoms with Gasteiger partial charge in [0, 0.05) is 0 Å². The molecule has 0 spiro atoms. The van der Waals surface area contributed by atoms with E-state index in [1.165, 1.54) is 16.6 Å². The molecule has 0 bridgehead atoms. The maximum atomic E-state index is 11.7. The molecular formula is C13H14N4O2S. The Morgan fingerprint density at radius 1 is 1.45 bits per heavy atom. The molecule has 0 radical (unpaired) electrons. The number of esters is 1. The summed E-state index contributed by atoms with van der Waals surface area (Å²) in [6.45, 7) is 2.04. The van der Waals surface area contributed by atoms with E-state index >= 15 is 0 Å². The Labute approximate surface area is 120 Å². The number of rotatable bonds is 5. The van der Waals surface area contributed by atoms with Crippen LogP contribution in [0.15, 0.2) is 40.5 Å². The summed E-state index contributed by atoms with van der Waals surface area (Å²) in [5.74, 6) is -0.488. The van der Waals surface area contributed by atoms with E-state index in [4.69, 9.17) is 4.74 Å². The van der Waals surface area contributed by atoms with Gasteiger partial charge in [-0.2, -0.15) is 5.10 Å². The number of carbonyl (C=O) groups excluding carboxylic acids is 1. The van der Waals surface area contributed by atoms with Gasteiger partial charge in [0.2, 0.25) is 5.69 Å². The van der Waals surface area contributed by atoms with Crippen molar-refractivity contribution in [3.8, 4) is 0 Å². The normalized spacial score (nSPS) is 10.9. The summed E-state index contributed by atoms with van der Waals surface area (Å²) in [4.78, 5) is 13.0. The van der Waals surface area contributed by atoms with E-state index in [0.717, 1.165) is 5.56 Å². The van der Waals surface area contributed by atoms with Gasteiger partial charge in [0.15, 0.2) is 5.03 Å². The average molecular weight is 290 g/mol. The van der Waals surface area contributed by atoms with E-state index in [1.807, 2.05) is 36.6 Å². The standard InChI is InChI=1S/C13H14N4O2S/c1-3-19-13(18)11-12(20-2)17(16-15-11)14-9-10-7-5-4-6-8-10/h4-9H,3H2,1-2H3. The van der Waals surface area contributed by atoms with Crippen LogP contribution in [0.5, 0.6) is 0 Å². The lowest BCUT2D eigenvalue weighted by molar-refractivity contribution is 0.0515. The summed E-state index contributed by atoms with van der Waals surface area (Å²) >= 11 is 1.34. The fourth-order valence-electron chi connectivity index (χ4n) is 1.51. The molecule has 0 fully saturated rings. The molecular weight excluding hydrogens is 276 g/mol. The van der Waals surface area contributed by atoms with E-state index < -0.39 is 5.97 Å². The van der Waals surface area contributed by atoms with E-state index in [2.05, 4.69) is 15.4 Å². The van der Waals surface area contributed by atoms with Crippen molar-refractivity contribution in [3.05, 3.63) is 41.6 Å². The second kappa shape index (κ2) is 6.85. The third-order valence-corrected chi connectivity index (χ3v) is 3.13. The van der Waals surface area contributed by atoms with Crippen molar-refractivity contribution in [2.24, 2.45) is 5.10 Å². The summed E-state index contributed by atoms with van der Waals surface area (Å²) in [5, 5.41) is 12.4. The Hall–Kier alpha value is -2.15. The number of thioether (sulfide) groups is 1. The summed E-state index contributed by atoms with van der Waals surface area (Å²) in [6.07, 6.45) is 3.49. The Balaban J connectivity index is 2.25. The predicted molar refractivity (Wildman–Crippen MR) is 77.2 cm³/mol. The largest absolute Gasteiger partial charge is 0.461 e. The maximum Gasteiger partial charge on any atom is 0.361 e. The molecule has 104 valence electrons. The van der Waals surface area contributed by atoms with E-state index in [0.29, 0.717) is 11.6 Å². The first-order valence-electron chi connectivity index (χ1n) is 6.02. The zero-order chi connectivity index (χ0) is 14.4. The van der Waals surface area contributed by atoms with Gasteiger partial charge in [-0.05, 0) is 24.0 Å². The molecule has 1 aromatic heterocycles. The quantitative estimate of drug-likeness (QED) is 0.479. The summed E-state index contributed by atoms with van der Waals surface area (Å²) < 4.78 is 4.93. The predicted octanol–water partition coefficient (Wildman–Crippen LogP) is 2.06. The van der Waals surface area contributed by atoms with Crippen LogP contribution in [0.4, 0.5) is 0 Å². The summed E-state index contributed by atoms with van der Waals surface area (Å²) in [5.41, 5.74) is 1.12. The van der Waals surface area contributed by atoms with Crippen LogP contribution >= 0.6 is 11.8 Å². The fraction of sp³-hybridized carbons (Fsp3) is 0.231. The van der Waals surface area contributed by atoms with Crippen LogP contribution in [-0.2, 0) is 4.74 Å². The third kappa shape index (κ3) is 3.24. The minimum absolute atomic E-state index is 0.185. The van der Waals surface area contributed by atoms with Crippen LogP contribution in [0.1, 0.15) is 23.0 Å². The molecule has 0 aliphatic rings. The number of aromatic nitrogens is 3. The van der Waals surface area contributed by atoms with Crippen molar-refractivity contribution in [2.75, 3.05) is 12.9 Å². The molecule has 0 N–H and O–H groups in total. The highest BCUT2D eigenvalue weighted by molar-refractivity contribution is 7.98. The van der Waals surface area contributed by atoms with Crippen molar-refractivity contribution < 1.29 is 9.53 Å². The van der Waals surface area contributed by atoms with Crippen LogP contribution in [0.3, 0.4) is 0 Å². The van der Waals surface area contributed by atoms with Gasteiger partial charge in [0.05, 0.1) is 12.8 Å². The van der Waals surface area contributed by atoms with Gasteiger partial charge in [0.1, 0.15) is 0 Å². The maximum absolute atomic E-state index is 11.7. The molecule has 0 aliphatic heterocycles. The smallest absolute Gasteiger partial charge is 0.361 e. The van der Waals surface area contributed by atoms with Gasteiger partial charge < -0.3 is 4.74 Å². The number of ether oxygens (including phenoxy) is 1. The zero-order valence-electron chi connectivity index (χ0n) is 11.2. The Morgan fingerprint density at radius 3 is 2.85 bits per heavy atom. The molecule has 1 heterocycles. The van der Waals surface area contributed by atoms with Gasteiger partial charge in [-0.3, -0.25) is 0 Å². The summed E-state index contributed by atoms with van der Waals surface area (Å²) in [7, 11) is 0. The van der Waals surface area contributed by atoms with E-state index in [9.17, 15) is 4.79 Å². The molecule has 6 nitrogen and oxygen atoms in total. The molecule has 0 atom stereocenters. The Bertz CT molecular complexity index is 610. The first kappa shape index (κ1) is 14.3. The van der Waals surface area contributed by atoms with E-state index in [1.54, 1.807) is 13.1 Å². The van der Waals surface area contributed by atoms with Crippen molar-refractivity contribution in [2.45, 2.75) is 11.9 Å². The molecule has 0 saturated carbocycles. The summed E-state index contributed by atoms with van der Waals surface area (Å²) in [6, 6.07) is 9.61. The number of hydrogen-bond donors (Lipinski definition) is 0. The molecule has 0 amide bonds. The molecule has 0 unspecified atom stereocenters. The van der Waals surface area contributed by atoms with Gasteiger partial charge >= 0.3 is 5.97 Å². The van der Waals surface area contributed by atoms with Crippen LogP contribution < -0.4 is 0 Å². The lowest BCUT2D eigenvalue weighted by Gasteiger charge is -2.00. The molecule has 0 saturated heterocycles. The van der Waals surface area contributed by atoms with Crippen molar-refractivity contribution in [1.29, 1.82) is 0 Å². The number of nitrogens with zero attached hydrogens (tertiary/aromatic N) is 4. The number of hydrogen-bond acceptors (Lipinski definition) is 6. The van der Waals surface area contributed by atoms with Gasteiger partial charge in [-0.25, -0.2) is 4.79 Å². The number of benzene rings is 1. The topological polar surface area (TPSA) is 69.4 Å². The molecule has 2 rings (SSSR count). The third-order valence-electron chi connectivity index (χ3n) is 2.39. The lowest BCUT2D eigenvalue weighted by Crippen LogP contribution is -2.06. The average Bonchev–Trinajstić information content (AvgIpc) is 2.89. The van der Waals surface area contributed by atoms with E-state index in [-0.39, 0.29) is 5.69 Å². The molecule has 0 aliphatic carbocycles. The monoisotopic (exact) mass is 290 g/mol. The molecule has 7 heteroatoms. The molecule has 2 aromatic rings. The second-order valence-electron chi connectivity index (χ2n) is 3.71. The fourth-order valence-corrected chi connectivity index (χ4v) is 2.07. The van der Waals surface area contributed by atoms with Gasteiger partial charge in [-0.1, -0.05) is 30.3 Å². The highest BCUT2D eigenvalue weighted by Gasteiger charge is 2.20. The first-order chi connectivity index (χ1) is 9.76. The van der Waals surface area contributed by atoms with Crippen molar-refractivity contribution in [1.82, 2.24) is 15.1 Å². The minimum Gasteiger partial charge on any atom is -0.461 e. The highest BCUT2D eigenvalue weighted by atomic mass is 32.2. The minimum atomic E-state index is -0.488. The van der Waals surface area contributed by atoms with Gasteiger partial charge in [0.25, 0.3) is 0 Å². The van der Waals surface area contributed by atoms with Crippen LogP contribution in [0.25, 0.3) is 0 Å². The lowest BCUT2D eigenvalue weighted by atomic mass is 10.2. The van der Waals surface area contributed by atoms with Crippen LogP contribution in [-0.4, -0.2) is 40.1 Å². The van der Waals surface area contributed by atoms with Crippen LogP contribution in [0.2, 0.25) is 0 Å². The molecule has 20 heavy (non-hydrogen) atoms. The van der Waals surface area contributed by atoms with Crippen molar-refractivity contribution >= 4 is 23.9 Å².